The second kappa shape index (κ2) is 5.23. The van der Waals surface area contributed by atoms with Crippen molar-refractivity contribution in [3.05, 3.63) is 47.1 Å². The fourth-order valence-corrected chi connectivity index (χ4v) is 3.00. The maximum absolute atomic E-state index is 12.3. The molecule has 2 heterocycles. The van der Waals surface area contributed by atoms with Gasteiger partial charge < -0.3 is 9.42 Å². The number of hydrogen-bond acceptors (Lipinski definition) is 4. The summed E-state index contributed by atoms with van der Waals surface area (Å²) in [4.78, 5) is 18.7. The van der Waals surface area contributed by atoms with Gasteiger partial charge in [-0.05, 0) is 30.9 Å². The van der Waals surface area contributed by atoms with Crippen molar-refractivity contribution in [2.24, 2.45) is 0 Å². The van der Waals surface area contributed by atoms with Crippen molar-refractivity contribution in [3.63, 3.8) is 0 Å². The average molecular weight is 297 g/mol. The summed E-state index contributed by atoms with van der Waals surface area (Å²) in [5.41, 5.74) is 2.41. The van der Waals surface area contributed by atoms with Gasteiger partial charge in [0.25, 0.3) is 0 Å². The van der Waals surface area contributed by atoms with Gasteiger partial charge in [-0.3, -0.25) is 4.79 Å². The van der Waals surface area contributed by atoms with E-state index < -0.39 is 0 Å². The summed E-state index contributed by atoms with van der Waals surface area (Å²) in [6.45, 7) is 3.40. The zero-order valence-electron chi connectivity index (χ0n) is 12.7. The summed E-state index contributed by atoms with van der Waals surface area (Å²) in [7, 11) is 0. The van der Waals surface area contributed by atoms with Crippen LogP contribution in [0.4, 0.5) is 0 Å². The molecule has 1 saturated carbocycles. The first-order chi connectivity index (χ1) is 10.7. The number of amides is 1. The van der Waals surface area contributed by atoms with E-state index in [0.717, 1.165) is 18.7 Å². The lowest BCUT2D eigenvalue weighted by molar-refractivity contribution is -0.128. The standard InChI is InChI=1S/C17H19N3O2/c1-11-4-2-3-5-13(11)9-20-10-14(8-15(20)21)17-18-16(19-22-17)12-6-7-12/h2-5,12,14H,6-10H2,1H3. The van der Waals surface area contributed by atoms with Crippen LogP contribution in [0.15, 0.2) is 28.8 Å². The molecular formula is C17H19N3O2. The van der Waals surface area contributed by atoms with Gasteiger partial charge in [0.2, 0.25) is 11.8 Å². The van der Waals surface area contributed by atoms with Crippen molar-refractivity contribution in [3.8, 4) is 0 Å². The van der Waals surface area contributed by atoms with Crippen LogP contribution in [0.2, 0.25) is 0 Å². The number of hydrogen-bond donors (Lipinski definition) is 0. The monoisotopic (exact) mass is 297 g/mol. The Morgan fingerprint density at radius 1 is 1.27 bits per heavy atom. The van der Waals surface area contributed by atoms with Crippen molar-refractivity contribution in [2.75, 3.05) is 6.54 Å². The average Bonchev–Trinajstić information content (AvgIpc) is 3.13. The Kier molecular flexibility index (Phi) is 3.21. The Bertz CT molecular complexity index is 705. The third kappa shape index (κ3) is 2.51. The zero-order chi connectivity index (χ0) is 15.1. The van der Waals surface area contributed by atoms with Gasteiger partial charge >= 0.3 is 0 Å². The molecule has 0 radical (unpaired) electrons. The van der Waals surface area contributed by atoms with E-state index in [1.165, 1.54) is 11.1 Å². The fraction of sp³-hybridized carbons (Fsp3) is 0.471. The van der Waals surface area contributed by atoms with E-state index in [0.29, 0.717) is 31.3 Å². The molecule has 1 unspecified atom stereocenters. The molecule has 1 aromatic heterocycles. The van der Waals surface area contributed by atoms with Crippen LogP contribution in [0.5, 0.6) is 0 Å². The molecule has 5 nitrogen and oxygen atoms in total. The molecule has 5 heteroatoms. The molecule has 4 rings (SSSR count). The third-order valence-corrected chi connectivity index (χ3v) is 4.59. The Morgan fingerprint density at radius 3 is 2.86 bits per heavy atom. The summed E-state index contributed by atoms with van der Waals surface area (Å²) in [6.07, 6.45) is 2.78. The first kappa shape index (κ1) is 13.5. The lowest BCUT2D eigenvalue weighted by Crippen LogP contribution is -2.24. The number of aryl methyl sites for hydroxylation is 1. The molecule has 22 heavy (non-hydrogen) atoms. The molecule has 2 aliphatic rings. The number of aromatic nitrogens is 2. The Labute approximate surface area is 129 Å². The molecular weight excluding hydrogens is 278 g/mol. The van der Waals surface area contributed by atoms with E-state index in [1.54, 1.807) is 0 Å². The molecule has 1 atom stereocenters. The van der Waals surface area contributed by atoms with Crippen molar-refractivity contribution in [2.45, 2.75) is 44.6 Å². The van der Waals surface area contributed by atoms with Crippen LogP contribution in [-0.4, -0.2) is 27.5 Å². The molecule has 114 valence electrons. The van der Waals surface area contributed by atoms with Crippen molar-refractivity contribution in [1.82, 2.24) is 15.0 Å². The first-order valence-electron chi connectivity index (χ1n) is 7.86. The largest absolute Gasteiger partial charge is 0.339 e. The molecule has 1 saturated heterocycles. The smallest absolute Gasteiger partial charge is 0.232 e. The van der Waals surface area contributed by atoms with Gasteiger partial charge in [-0.2, -0.15) is 4.98 Å². The predicted octanol–water partition coefficient (Wildman–Crippen LogP) is 2.77. The van der Waals surface area contributed by atoms with Gasteiger partial charge in [0.1, 0.15) is 0 Å². The van der Waals surface area contributed by atoms with Crippen LogP contribution in [0.25, 0.3) is 0 Å². The summed E-state index contributed by atoms with van der Waals surface area (Å²) < 4.78 is 5.38. The van der Waals surface area contributed by atoms with Gasteiger partial charge in [0, 0.05) is 25.4 Å². The molecule has 1 aliphatic heterocycles. The Morgan fingerprint density at radius 2 is 2.09 bits per heavy atom. The summed E-state index contributed by atoms with van der Waals surface area (Å²) in [5.74, 6) is 2.14. The van der Waals surface area contributed by atoms with E-state index in [2.05, 4.69) is 29.2 Å². The van der Waals surface area contributed by atoms with E-state index in [9.17, 15) is 4.79 Å². The number of rotatable bonds is 4. The third-order valence-electron chi connectivity index (χ3n) is 4.59. The summed E-state index contributed by atoms with van der Waals surface area (Å²) >= 11 is 0. The highest BCUT2D eigenvalue weighted by Gasteiger charge is 2.36. The number of carbonyl (C=O) groups is 1. The van der Waals surface area contributed by atoms with Crippen LogP contribution in [0.1, 0.15) is 53.9 Å². The first-order valence-corrected chi connectivity index (χ1v) is 7.86. The molecule has 0 N–H and O–H groups in total. The van der Waals surface area contributed by atoms with Crippen molar-refractivity contribution < 1.29 is 9.32 Å². The highest BCUT2D eigenvalue weighted by Crippen LogP contribution is 2.39. The van der Waals surface area contributed by atoms with Crippen LogP contribution in [0.3, 0.4) is 0 Å². The fourth-order valence-electron chi connectivity index (χ4n) is 3.00. The topological polar surface area (TPSA) is 59.2 Å². The molecule has 1 aromatic carbocycles. The van der Waals surface area contributed by atoms with Gasteiger partial charge in [-0.25, -0.2) is 0 Å². The SMILES string of the molecule is Cc1ccccc1CN1CC(c2nc(C3CC3)no2)CC1=O. The van der Waals surface area contributed by atoms with Crippen LogP contribution in [0, 0.1) is 6.92 Å². The highest BCUT2D eigenvalue weighted by atomic mass is 16.5. The molecule has 2 aromatic rings. The predicted molar refractivity (Wildman–Crippen MR) is 80.2 cm³/mol. The van der Waals surface area contributed by atoms with Gasteiger partial charge in [0.05, 0.1) is 5.92 Å². The quantitative estimate of drug-likeness (QED) is 0.870. The lowest BCUT2D eigenvalue weighted by atomic mass is 10.1. The minimum atomic E-state index is 0.0384. The number of carbonyl (C=O) groups excluding carboxylic acids is 1. The summed E-state index contributed by atoms with van der Waals surface area (Å²) in [6, 6.07) is 8.19. The van der Waals surface area contributed by atoms with E-state index in [4.69, 9.17) is 4.52 Å². The minimum absolute atomic E-state index is 0.0384. The van der Waals surface area contributed by atoms with E-state index in [-0.39, 0.29) is 11.8 Å². The second-order valence-corrected chi connectivity index (χ2v) is 6.37. The second-order valence-electron chi connectivity index (χ2n) is 6.37. The molecule has 1 aliphatic carbocycles. The number of benzene rings is 1. The number of nitrogens with zero attached hydrogens (tertiary/aromatic N) is 3. The minimum Gasteiger partial charge on any atom is -0.339 e. The maximum atomic E-state index is 12.3. The summed E-state index contributed by atoms with van der Waals surface area (Å²) in [5, 5.41) is 4.06. The van der Waals surface area contributed by atoms with Crippen LogP contribution >= 0.6 is 0 Å². The maximum Gasteiger partial charge on any atom is 0.232 e. The van der Waals surface area contributed by atoms with Crippen LogP contribution in [-0.2, 0) is 11.3 Å². The zero-order valence-corrected chi connectivity index (χ0v) is 12.7. The van der Waals surface area contributed by atoms with Gasteiger partial charge in [-0.1, -0.05) is 29.4 Å². The van der Waals surface area contributed by atoms with Crippen LogP contribution < -0.4 is 0 Å². The highest BCUT2D eigenvalue weighted by molar-refractivity contribution is 5.79. The number of likely N-dealkylation sites (tertiary alicyclic amines) is 1. The molecule has 1 amide bonds. The lowest BCUT2D eigenvalue weighted by Gasteiger charge is -2.17. The normalized spacial score (nSPS) is 21.6. The Balaban J connectivity index is 1.47. The van der Waals surface area contributed by atoms with E-state index in [1.807, 2.05) is 17.0 Å². The van der Waals surface area contributed by atoms with Gasteiger partial charge in [0.15, 0.2) is 5.82 Å². The Hall–Kier alpha value is -2.17. The van der Waals surface area contributed by atoms with Crippen molar-refractivity contribution >= 4 is 5.91 Å². The molecule has 2 fully saturated rings. The van der Waals surface area contributed by atoms with Crippen molar-refractivity contribution in [1.29, 1.82) is 0 Å². The molecule has 0 spiro atoms. The van der Waals surface area contributed by atoms with Gasteiger partial charge in [-0.15, -0.1) is 0 Å². The van der Waals surface area contributed by atoms with E-state index >= 15 is 0 Å². The molecule has 0 bridgehead atoms.